The molecule has 2 aromatic carbocycles. The van der Waals surface area contributed by atoms with Crippen molar-refractivity contribution in [2.45, 2.75) is 0 Å². The van der Waals surface area contributed by atoms with E-state index in [9.17, 15) is 4.79 Å². The molecule has 92 valence electrons. The van der Waals surface area contributed by atoms with Gasteiger partial charge in [0.1, 0.15) is 5.58 Å². The minimum atomic E-state index is -0.304. The van der Waals surface area contributed by atoms with Crippen molar-refractivity contribution in [2.24, 2.45) is 0 Å². The van der Waals surface area contributed by atoms with Gasteiger partial charge >= 0.3 is 5.63 Å². The number of hydrogen-bond donors (Lipinski definition) is 0. The van der Waals surface area contributed by atoms with Gasteiger partial charge in [0.05, 0.1) is 10.1 Å². The first-order chi connectivity index (χ1) is 9.24. The molecule has 19 heavy (non-hydrogen) atoms. The van der Waals surface area contributed by atoms with E-state index in [0.29, 0.717) is 16.0 Å². The van der Waals surface area contributed by atoms with Crippen LogP contribution in [0, 0.1) is 0 Å². The second kappa shape index (κ2) is 3.83. The van der Waals surface area contributed by atoms with Crippen LogP contribution in [0.5, 0.6) is 0 Å². The molecule has 4 aromatic rings. The minimum Gasteiger partial charge on any atom is -0.422 e. The van der Waals surface area contributed by atoms with Gasteiger partial charge in [-0.05, 0) is 30.3 Å². The van der Waals surface area contributed by atoms with Crippen molar-refractivity contribution in [3.63, 3.8) is 0 Å². The first kappa shape index (κ1) is 11.0. The second-order valence-electron chi connectivity index (χ2n) is 4.33. The van der Waals surface area contributed by atoms with Gasteiger partial charge in [-0.25, -0.2) is 4.79 Å². The number of fused-ring (bicyclic) bond motifs is 5. The number of thiophene rings is 1. The molecule has 4 rings (SSSR count). The largest absolute Gasteiger partial charge is 0.422 e. The van der Waals surface area contributed by atoms with Gasteiger partial charge in [0.15, 0.2) is 0 Å². The summed E-state index contributed by atoms with van der Waals surface area (Å²) in [4.78, 5) is 12.2. The summed E-state index contributed by atoms with van der Waals surface area (Å²) in [6.07, 6.45) is 0. The van der Waals surface area contributed by atoms with E-state index in [1.165, 1.54) is 0 Å². The van der Waals surface area contributed by atoms with E-state index in [1.54, 1.807) is 11.3 Å². The topological polar surface area (TPSA) is 30.2 Å². The van der Waals surface area contributed by atoms with Gasteiger partial charge < -0.3 is 4.42 Å². The lowest BCUT2D eigenvalue weighted by Gasteiger charge is -1.97. The lowest BCUT2D eigenvalue weighted by atomic mass is 10.1. The first-order valence-electron chi connectivity index (χ1n) is 5.77. The smallest absolute Gasteiger partial charge is 0.345 e. The van der Waals surface area contributed by atoms with Gasteiger partial charge in [0, 0.05) is 20.5 Å². The van der Waals surface area contributed by atoms with Crippen LogP contribution in [0.4, 0.5) is 0 Å². The molecule has 4 heteroatoms. The lowest BCUT2D eigenvalue weighted by molar-refractivity contribution is 0.570. The molecular weight excluding hydrogens is 280 g/mol. The van der Waals surface area contributed by atoms with Crippen molar-refractivity contribution in [2.75, 3.05) is 0 Å². The van der Waals surface area contributed by atoms with Crippen molar-refractivity contribution in [1.82, 2.24) is 0 Å². The fourth-order valence-electron chi connectivity index (χ4n) is 2.36. The van der Waals surface area contributed by atoms with Crippen LogP contribution in [-0.4, -0.2) is 0 Å². The Balaban J connectivity index is 2.38. The van der Waals surface area contributed by atoms with E-state index in [0.717, 1.165) is 20.2 Å². The maximum Gasteiger partial charge on any atom is 0.345 e. The molecule has 0 amide bonds. The zero-order chi connectivity index (χ0) is 13.0. The number of halogens is 1. The van der Waals surface area contributed by atoms with Crippen LogP contribution in [0.15, 0.2) is 51.7 Å². The summed E-state index contributed by atoms with van der Waals surface area (Å²) in [6.45, 7) is 0. The van der Waals surface area contributed by atoms with E-state index in [-0.39, 0.29) is 5.63 Å². The molecule has 0 aliphatic heterocycles. The third kappa shape index (κ3) is 1.52. The molecule has 2 nitrogen and oxygen atoms in total. The van der Waals surface area contributed by atoms with E-state index in [1.807, 2.05) is 42.5 Å². The Kier molecular flexibility index (Phi) is 2.22. The van der Waals surface area contributed by atoms with Crippen molar-refractivity contribution < 1.29 is 4.42 Å². The number of rotatable bonds is 0. The van der Waals surface area contributed by atoms with Crippen LogP contribution in [0.1, 0.15) is 0 Å². The fraction of sp³-hybridized carbons (Fsp3) is 0. The van der Waals surface area contributed by atoms with Crippen LogP contribution in [-0.2, 0) is 0 Å². The standard InChI is InChI=1S/C15H7ClO2S/c16-8-5-6-12-10(7-8)13-14(19-12)9-3-1-2-4-11(9)18-15(13)17/h1-7H. The molecule has 0 fully saturated rings. The first-order valence-corrected chi connectivity index (χ1v) is 6.97. The Labute approximate surface area is 116 Å². The number of para-hydroxylation sites is 1. The quantitative estimate of drug-likeness (QED) is 0.434. The Bertz CT molecular complexity index is 997. The van der Waals surface area contributed by atoms with Crippen LogP contribution < -0.4 is 5.63 Å². The van der Waals surface area contributed by atoms with Crippen molar-refractivity contribution in [3.05, 3.63) is 57.9 Å². The van der Waals surface area contributed by atoms with Gasteiger partial charge in [-0.1, -0.05) is 23.7 Å². The monoisotopic (exact) mass is 286 g/mol. The average Bonchev–Trinajstić information content (AvgIpc) is 2.78. The average molecular weight is 287 g/mol. The Morgan fingerprint density at radius 2 is 1.89 bits per heavy atom. The molecule has 0 saturated carbocycles. The van der Waals surface area contributed by atoms with Gasteiger partial charge in [0.25, 0.3) is 0 Å². The molecule has 0 aliphatic carbocycles. The molecule has 0 spiro atoms. The highest BCUT2D eigenvalue weighted by Gasteiger charge is 2.13. The highest BCUT2D eigenvalue weighted by Crippen LogP contribution is 2.37. The van der Waals surface area contributed by atoms with Gasteiger partial charge in [-0.3, -0.25) is 0 Å². The second-order valence-corrected chi connectivity index (χ2v) is 5.82. The van der Waals surface area contributed by atoms with Crippen LogP contribution in [0.25, 0.3) is 31.1 Å². The predicted molar refractivity (Wildman–Crippen MR) is 80.4 cm³/mol. The van der Waals surface area contributed by atoms with E-state index in [4.69, 9.17) is 16.0 Å². The van der Waals surface area contributed by atoms with Crippen molar-refractivity contribution in [1.29, 1.82) is 0 Å². The normalized spacial score (nSPS) is 11.6. The summed E-state index contributed by atoms with van der Waals surface area (Å²) < 4.78 is 7.40. The van der Waals surface area contributed by atoms with E-state index in [2.05, 4.69) is 0 Å². The van der Waals surface area contributed by atoms with Gasteiger partial charge in [-0.2, -0.15) is 0 Å². The van der Waals surface area contributed by atoms with Gasteiger partial charge in [0.2, 0.25) is 0 Å². The Hall–Kier alpha value is -1.84. The molecular formula is C15H7ClO2S. The summed E-state index contributed by atoms with van der Waals surface area (Å²) in [7, 11) is 0. The summed E-state index contributed by atoms with van der Waals surface area (Å²) >= 11 is 7.61. The maximum atomic E-state index is 12.2. The maximum absolute atomic E-state index is 12.2. The Morgan fingerprint density at radius 3 is 2.79 bits per heavy atom. The minimum absolute atomic E-state index is 0.304. The molecule has 0 bridgehead atoms. The molecule has 0 aliphatic rings. The third-order valence-electron chi connectivity index (χ3n) is 3.19. The van der Waals surface area contributed by atoms with Crippen LogP contribution >= 0.6 is 22.9 Å². The summed E-state index contributed by atoms with van der Waals surface area (Å²) in [5, 5.41) is 3.09. The molecule has 0 saturated heterocycles. The van der Waals surface area contributed by atoms with Crippen LogP contribution in [0.3, 0.4) is 0 Å². The predicted octanol–water partition coefficient (Wildman–Crippen LogP) is 4.81. The summed E-state index contributed by atoms with van der Waals surface area (Å²) in [5.41, 5.74) is 0.319. The van der Waals surface area contributed by atoms with Crippen LogP contribution in [0.2, 0.25) is 5.02 Å². The highest BCUT2D eigenvalue weighted by molar-refractivity contribution is 7.26. The number of benzene rings is 2. The third-order valence-corrected chi connectivity index (χ3v) is 4.63. The molecule has 0 N–H and O–H groups in total. The van der Waals surface area contributed by atoms with E-state index < -0.39 is 0 Å². The zero-order valence-corrected chi connectivity index (χ0v) is 11.2. The van der Waals surface area contributed by atoms with Crippen molar-refractivity contribution >= 4 is 54.1 Å². The lowest BCUT2D eigenvalue weighted by Crippen LogP contribution is -1.97. The molecule has 0 radical (unpaired) electrons. The SMILES string of the molecule is O=c1oc2ccccc2c2sc3ccc(Cl)cc3c12. The molecule has 0 unspecified atom stereocenters. The number of hydrogen-bond acceptors (Lipinski definition) is 3. The van der Waals surface area contributed by atoms with Crippen molar-refractivity contribution in [3.8, 4) is 0 Å². The zero-order valence-electron chi connectivity index (χ0n) is 9.64. The fourth-order valence-corrected chi connectivity index (χ4v) is 3.73. The van der Waals surface area contributed by atoms with E-state index >= 15 is 0 Å². The summed E-state index contributed by atoms with van der Waals surface area (Å²) in [5.74, 6) is 0. The highest BCUT2D eigenvalue weighted by atomic mass is 35.5. The molecule has 2 heterocycles. The van der Waals surface area contributed by atoms with Gasteiger partial charge in [-0.15, -0.1) is 11.3 Å². The summed E-state index contributed by atoms with van der Waals surface area (Å²) in [6, 6.07) is 13.2. The molecule has 2 aromatic heterocycles. The Morgan fingerprint density at radius 1 is 1.05 bits per heavy atom. The molecule has 0 atom stereocenters.